The number of esters is 1. The first-order valence-corrected chi connectivity index (χ1v) is 6.59. The summed E-state index contributed by atoms with van der Waals surface area (Å²) in [6.45, 7) is 9.12. The molecular weight excluding hydrogens is 214 g/mol. The Balaban J connectivity index is 2.14. The molecule has 1 saturated heterocycles. The minimum Gasteiger partial charge on any atom is -0.457 e. The number of rotatable bonds is 4. The molecular formula is C14H25NO2. The summed E-state index contributed by atoms with van der Waals surface area (Å²) in [7, 11) is 0. The standard InChI is InChI=1S/C14H25NO2/c1-14(2,3)17-13(16)9-5-8-12-15-10-6-4-7-11-15/h5,9H,4,6-8,10-12H2,1-3H3/b9-5+. The molecule has 0 atom stereocenters. The highest BCUT2D eigenvalue weighted by Crippen LogP contribution is 2.09. The number of piperidine rings is 1. The van der Waals surface area contributed by atoms with Crippen molar-refractivity contribution in [1.29, 1.82) is 0 Å². The fourth-order valence-electron chi connectivity index (χ4n) is 1.96. The maximum Gasteiger partial charge on any atom is 0.330 e. The molecule has 98 valence electrons. The lowest BCUT2D eigenvalue weighted by molar-refractivity contribution is -0.148. The molecule has 0 aliphatic carbocycles. The normalized spacial score (nSPS) is 18.5. The van der Waals surface area contributed by atoms with Crippen LogP contribution < -0.4 is 0 Å². The van der Waals surface area contributed by atoms with E-state index in [0.29, 0.717) is 0 Å². The Labute approximate surface area is 105 Å². The third-order valence-electron chi connectivity index (χ3n) is 2.72. The highest BCUT2D eigenvalue weighted by Gasteiger charge is 2.13. The second kappa shape index (κ2) is 6.80. The van der Waals surface area contributed by atoms with Gasteiger partial charge in [-0.15, -0.1) is 0 Å². The lowest BCUT2D eigenvalue weighted by Crippen LogP contribution is -2.30. The van der Waals surface area contributed by atoms with Crippen LogP contribution in [0.1, 0.15) is 46.5 Å². The predicted molar refractivity (Wildman–Crippen MR) is 69.9 cm³/mol. The smallest absolute Gasteiger partial charge is 0.330 e. The number of carbonyl (C=O) groups is 1. The highest BCUT2D eigenvalue weighted by molar-refractivity contribution is 5.82. The zero-order chi connectivity index (χ0) is 12.7. The number of ether oxygens (including phenoxy) is 1. The molecule has 1 heterocycles. The lowest BCUT2D eigenvalue weighted by atomic mass is 10.1. The molecule has 0 spiro atoms. The van der Waals surface area contributed by atoms with Crippen molar-refractivity contribution in [2.24, 2.45) is 0 Å². The van der Waals surface area contributed by atoms with Gasteiger partial charge < -0.3 is 9.64 Å². The van der Waals surface area contributed by atoms with Gasteiger partial charge >= 0.3 is 5.97 Å². The van der Waals surface area contributed by atoms with Crippen molar-refractivity contribution in [2.45, 2.75) is 52.1 Å². The van der Waals surface area contributed by atoms with Crippen LogP contribution >= 0.6 is 0 Å². The summed E-state index contributed by atoms with van der Waals surface area (Å²) in [5.41, 5.74) is -0.395. The van der Waals surface area contributed by atoms with Gasteiger partial charge in [-0.05, 0) is 53.1 Å². The van der Waals surface area contributed by atoms with Gasteiger partial charge in [0, 0.05) is 12.6 Å². The van der Waals surface area contributed by atoms with E-state index in [2.05, 4.69) is 4.90 Å². The topological polar surface area (TPSA) is 29.5 Å². The summed E-state index contributed by atoms with van der Waals surface area (Å²) in [6, 6.07) is 0. The molecule has 1 fully saturated rings. The zero-order valence-corrected chi connectivity index (χ0v) is 11.4. The van der Waals surface area contributed by atoms with E-state index in [9.17, 15) is 4.79 Å². The van der Waals surface area contributed by atoms with E-state index in [4.69, 9.17) is 4.74 Å². The molecule has 0 radical (unpaired) electrons. The van der Waals surface area contributed by atoms with Crippen molar-refractivity contribution in [3.8, 4) is 0 Å². The van der Waals surface area contributed by atoms with Crippen LogP contribution in [0.5, 0.6) is 0 Å². The highest BCUT2D eigenvalue weighted by atomic mass is 16.6. The van der Waals surface area contributed by atoms with E-state index in [-0.39, 0.29) is 5.97 Å². The summed E-state index contributed by atoms with van der Waals surface area (Å²) in [5, 5.41) is 0. The number of hydrogen-bond donors (Lipinski definition) is 0. The van der Waals surface area contributed by atoms with Crippen LogP contribution in [-0.4, -0.2) is 36.1 Å². The van der Waals surface area contributed by atoms with Gasteiger partial charge in [0.25, 0.3) is 0 Å². The summed E-state index contributed by atoms with van der Waals surface area (Å²) < 4.78 is 5.19. The molecule has 1 aliphatic rings. The zero-order valence-electron chi connectivity index (χ0n) is 11.4. The molecule has 3 heteroatoms. The molecule has 0 unspecified atom stereocenters. The van der Waals surface area contributed by atoms with Crippen LogP contribution in [0.15, 0.2) is 12.2 Å². The van der Waals surface area contributed by atoms with Gasteiger partial charge in [0.1, 0.15) is 5.60 Å². The first-order chi connectivity index (χ1) is 7.97. The Hall–Kier alpha value is -0.830. The molecule has 3 nitrogen and oxygen atoms in total. The number of hydrogen-bond acceptors (Lipinski definition) is 3. The second-order valence-corrected chi connectivity index (χ2v) is 5.63. The quantitative estimate of drug-likeness (QED) is 0.558. The minimum atomic E-state index is -0.395. The summed E-state index contributed by atoms with van der Waals surface area (Å²) in [5.74, 6) is -0.240. The van der Waals surface area contributed by atoms with Crippen LogP contribution in [0, 0.1) is 0 Å². The molecule has 0 N–H and O–H groups in total. The van der Waals surface area contributed by atoms with Gasteiger partial charge in [-0.3, -0.25) is 0 Å². The van der Waals surface area contributed by atoms with E-state index >= 15 is 0 Å². The van der Waals surface area contributed by atoms with Crippen molar-refractivity contribution >= 4 is 5.97 Å². The number of nitrogens with zero attached hydrogens (tertiary/aromatic N) is 1. The third-order valence-corrected chi connectivity index (χ3v) is 2.72. The summed E-state index contributed by atoms with van der Waals surface area (Å²) >= 11 is 0. The first-order valence-electron chi connectivity index (χ1n) is 6.59. The molecule has 0 aromatic heterocycles. The van der Waals surface area contributed by atoms with Crippen molar-refractivity contribution in [3.63, 3.8) is 0 Å². The molecule has 0 saturated carbocycles. The fraction of sp³-hybridized carbons (Fsp3) is 0.786. The van der Waals surface area contributed by atoms with Crippen LogP contribution in [0.2, 0.25) is 0 Å². The van der Waals surface area contributed by atoms with Gasteiger partial charge in [-0.1, -0.05) is 12.5 Å². The maximum absolute atomic E-state index is 11.4. The van der Waals surface area contributed by atoms with Crippen molar-refractivity contribution in [2.75, 3.05) is 19.6 Å². The van der Waals surface area contributed by atoms with Crippen LogP contribution in [0.3, 0.4) is 0 Å². The maximum atomic E-state index is 11.4. The van der Waals surface area contributed by atoms with Gasteiger partial charge in [-0.25, -0.2) is 4.79 Å². The third kappa shape index (κ3) is 7.16. The van der Waals surface area contributed by atoms with Crippen molar-refractivity contribution in [1.82, 2.24) is 4.90 Å². The summed E-state index contributed by atoms with van der Waals surface area (Å²) in [4.78, 5) is 13.8. The first kappa shape index (κ1) is 14.2. The average Bonchev–Trinajstić information content (AvgIpc) is 2.23. The van der Waals surface area contributed by atoms with Gasteiger partial charge in [0.15, 0.2) is 0 Å². The molecule has 17 heavy (non-hydrogen) atoms. The minimum absolute atomic E-state index is 0.240. The lowest BCUT2D eigenvalue weighted by Gasteiger charge is -2.25. The Morgan fingerprint density at radius 1 is 1.24 bits per heavy atom. The van der Waals surface area contributed by atoms with Gasteiger partial charge in [0.05, 0.1) is 0 Å². The Bertz CT molecular complexity index is 260. The number of carbonyl (C=O) groups excluding carboxylic acids is 1. The van der Waals surface area contributed by atoms with Gasteiger partial charge in [0.2, 0.25) is 0 Å². The fourth-order valence-corrected chi connectivity index (χ4v) is 1.96. The average molecular weight is 239 g/mol. The SMILES string of the molecule is CC(C)(C)OC(=O)/C=C/CCN1CCCCC1. The van der Waals surface area contributed by atoms with Crippen LogP contribution in [-0.2, 0) is 9.53 Å². The molecule has 0 aromatic rings. The van der Waals surface area contributed by atoms with E-state index in [1.54, 1.807) is 6.08 Å². The summed E-state index contributed by atoms with van der Waals surface area (Å²) in [6.07, 6.45) is 8.40. The molecule has 0 bridgehead atoms. The monoisotopic (exact) mass is 239 g/mol. The van der Waals surface area contributed by atoms with Crippen molar-refractivity contribution < 1.29 is 9.53 Å². The van der Waals surface area contributed by atoms with Crippen LogP contribution in [0.25, 0.3) is 0 Å². The molecule has 0 amide bonds. The molecule has 1 rings (SSSR count). The Morgan fingerprint density at radius 3 is 2.47 bits per heavy atom. The van der Waals surface area contributed by atoms with E-state index in [0.717, 1.165) is 13.0 Å². The van der Waals surface area contributed by atoms with E-state index in [1.165, 1.54) is 32.4 Å². The largest absolute Gasteiger partial charge is 0.457 e. The number of likely N-dealkylation sites (tertiary alicyclic amines) is 1. The van der Waals surface area contributed by atoms with E-state index in [1.807, 2.05) is 26.8 Å². The second-order valence-electron chi connectivity index (χ2n) is 5.63. The predicted octanol–water partition coefficient (Wildman–Crippen LogP) is 2.76. The van der Waals surface area contributed by atoms with E-state index < -0.39 is 5.60 Å². The Kier molecular flexibility index (Phi) is 5.69. The van der Waals surface area contributed by atoms with Crippen LogP contribution in [0.4, 0.5) is 0 Å². The Morgan fingerprint density at radius 2 is 1.88 bits per heavy atom. The molecule has 1 aliphatic heterocycles. The van der Waals surface area contributed by atoms with Crippen molar-refractivity contribution in [3.05, 3.63) is 12.2 Å². The van der Waals surface area contributed by atoms with Gasteiger partial charge in [-0.2, -0.15) is 0 Å². The molecule has 0 aromatic carbocycles.